The molecule has 0 bridgehead atoms. The smallest absolute Gasteiger partial charge is 0.109 e. The Morgan fingerprint density at radius 1 is 0.811 bits per heavy atom. The average Bonchev–Trinajstić information content (AvgIpc) is 3.49. The van der Waals surface area contributed by atoms with Crippen molar-refractivity contribution < 1.29 is 49.0 Å². The van der Waals surface area contributed by atoms with E-state index >= 15 is 0 Å². The molecule has 0 nitrogen and oxygen atoms in total. The number of allylic oxidation sites excluding steroid dienone is 4. The summed E-state index contributed by atoms with van der Waals surface area (Å²) < 4.78 is 1.74. The molecular formula is C34H44Cl2Zr-2. The monoisotopic (exact) mass is 612 g/mol. The Balaban J connectivity index is 0.000000354. The molecule has 0 aliphatic heterocycles. The molecule has 2 aliphatic carbocycles. The summed E-state index contributed by atoms with van der Waals surface area (Å²) in [5, 5.41) is 5.48. The van der Waals surface area contributed by atoms with E-state index in [9.17, 15) is 0 Å². The van der Waals surface area contributed by atoms with E-state index in [0.717, 1.165) is 12.3 Å². The van der Waals surface area contributed by atoms with Crippen molar-refractivity contribution in [1.29, 1.82) is 0 Å². The van der Waals surface area contributed by atoms with Gasteiger partial charge in [0.05, 0.1) is 0 Å². The van der Waals surface area contributed by atoms with Crippen LogP contribution in [0.5, 0.6) is 0 Å². The normalized spacial score (nSPS) is 15.3. The van der Waals surface area contributed by atoms with Gasteiger partial charge in [-0.05, 0) is 10.8 Å². The molecular weight excluding hydrogens is 571 g/mol. The Hall–Kier alpha value is -0.877. The summed E-state index contributed by atoms with van der Waals surface area (Å²) in [6.45, 7) is 15.9. The summed E-state index contributed by atoms with van der Waals surface area (Å²) in [4.78, 5) is 0. The van der Waals surface area contributed by atoms with E-state index < -0.39 is 0 Å². The van der Waals surface area contributed by atoms with Gasteiger partial charge in [0.25, 0.3) is 0 Å². The molecule has 0 N–H and O–H groups in total. The number of hydrogen-bond acceptors (Lipinski definition) is 0. The van der Waals surface area contributed by atoms with Crippen molar-refractivity contribution in [3.8, 4) is 0 Å². The zero-order valence-corrected chi connectivity index (χ0v) is 27.8. The van der Waals surface area contributed by atoms with Crippen LogP contribution in [-0.2, 0) is 35.1 Å². The maximum Gasteiger partial charge on any atom is -0.109 e. The van der Waals surface area contributed by atoms with E-state index in [1.165, 1.54) is 64.8 Å². The van der Waals surface area contributed by atoms with Crippen LogP contribution >= 0.6 is 0 Å². The second-order valence-electron chi connectivity index (χ2n) is 12.3. The Bertz CT molecular complexity index is 1110. The summed E-state index contributed by atoms with van der Waals surface area (Å²) in [5.41, 5.74) is 3.21. The second kappa shape index (κ2) is 15.1. The zero-order chi connectivity index (χ0) is 25.6. The summed E-state index contributed by atoms with van der Waals surface area (Å²) in [6.07, 6.45) is 17.4. The number of halogens is 2. The van der Waals surface area contributed by atoms with E-state index in [4.69, 9.17) is 0 Å². The average molecular weight is 615 g/mol. The Morgan fingerprint density at radius 2 is 1.30 bits per heavy atom. The van der Waals surface area contributed by atoms with Gasteiger partial charge >= 0.3 is 72.4 Å². The third-order valence-electron chi connectivity index (χ3n) is 7.24. The molecule has 0 spiro atoms. The summed E-state index contributed by atoms with van der Waals surface area (Å²) in [5.74, 6) is 1.01. The zero-order valence-electron chi connectivity index (χ0n) is 23.8. The minimum atomic E-state index is 0. The van der Waals surface area contributed by atoms with Crippen LogP contribution in [0, 0.1) is 12.0 Å². The molecule has 3 aromatic rings. The summed E-state index contributed by atoms with van der Waals surface area (Å²) >= 11 is 1.66. The van der Waals surface area contributed by atoms with Crippen LogP contribution in [0.15, 0.2) is 60.7 Å². The molecule has 0 saturated heterocycles. The molecule has 0 atom stereocenters. The van der Waals surface area contributed by atoms with Crippen LogP contribution < -0.4 is 24.8 Å². The van der Waals surface area contributed by atoms with Gasteiger partial charge in [0.2, 0.25) is 0 Å². The molecule has 0 amide bonds. The fourth-order valence-electron chi connectivity index (χ4n) is 4.83. The molecule has 3 heteroatoms. The van der Waals surface area contributed by atoms with Crippen molar-refractivity contribution in [2.24, 2.45) is 5.92 Å². The molecule has 0 radical (unpaired) electrons. The van der Waals surface area contributed by atoms with Crippen LogP contribution in [-0.4, -0.2) is 3.21 Å². The molecule has 3 aromatic carbocycles. The van der Waals surface area contributed by atoms with Crippen LogP contribution in [0.2, 0.25) is 0 Å². The standard InChI is InChI=1S/C21H25.C8H14.C5H5.2ClH.Zr/c1-20(2,3)16-7-9-18-14(12-16)11-15-13-17(21(4,5)6)8-10-19(15)18;1-2-8-6-4-3-5-7-8;1-2-4-5-3-1;;;/h7-13H,1-6H3;8H,3-7H2,1H3;1-3H,4H2;2*1H;/q-1;;-1;;;+2/p-2. The van der Waals surface area contributed by atoms with Gasteiger partial charge in [-0.2, -0.15) is 6.08 Å². The molecule has 5 rings (SSSR count). The molecule has 1 fully saturated rings. The Kier molecular flexibility index (Phi) is 13.9. The van der Waals surface area contributed by atoms with E-state index in [-0.39, 0.29) is 35.6 Å². The first-order chi connectivity index (χ1) is 16.5. The fraction of sp³-hybridized carbons (Fsp3) is 0.471. The van der Waals surface area contributed by atoms with Gasteiger partial charge in [0.1, 0.15) is 0 Å². The maximum atomic E-state index is 2.99. The van der Waals surface area contributed by atoms with Crippen LogP contribution in [0.1, 0.15) is 98.1 Å². The van der Waals surface area contributed by atoms with Gasteiger partial charge in [-0.15, -0.1) is 46.2 Å². The molecule has 0 heterocycles. The summed E-state index contributed by atoms with van der Waals surface area (Å²) in [7, 11) is 0. The first-order valence-electron chi connectivity index (χ1n) is 13.4. The minimum absolute atomic E-state index is 0. The van der Waals surface area contributed by atoms with E-state index in [1.807, 2.05) is 12.2 Å². The predicted octanol–water partition coefficient (Wildman–Crippen LogP) is 3.93. The maximum absolute atomic E-state index is 2.99. The molecule has 1 saturated carbocycles. The second-order valence-corrected chi connectivity index (χ2v) is 14.2. The van der Waals surface area contributed by atoms with Crippen molar-refractivity contribution in [2.45, 2.75) is 97.8 Å². The molecule has 0 aromatic heterocycles. The van der Waals surface area contributed by atoms with Gasteiger partial charge in [-0.25, -0.2) is 12.2 Å². The number of benzene rings is 2. The van der Waals surface area contributed by atoms with Crippen molar-refractivity contribution in [3.05, 3.63) is 77.9 Å². The van der Waals surface area contributed by atoms with Crippen molar-refractivity contribution >= 4 is 24.8 Å². The van der Waals surface area contributed by atoms with Crippen LogP contribution in [0.25, 0.3) is 21.5 Å². The largest absolute Gasteiger partial charge is 1.00 e. The molecule has 2 aliphatic rings. The molecule has 0 unspecified atom stereocenters. The number of fused-ring (bicyclic) bond motifs is 3. The van der Waals surface area contributed by atoms with Crippen molar-refractivity contribution in [2.75, 3.05) is 0 Å². The molecule has 200 valence electrons. The van der Waals surface area contributed by atoms with Crippen molar-refractivity contribution in [3.63, 3.8) is 0 Å². The quantitative estimate of drug-likeness (QED) is 0.365. The predicted molar refractivity (Wildman–Crippen MR) is 153 cm³/mol. The van der Waals surface area contributed by atoms with Gasteiger partial charge in [0.15, 0.2) is 0 Å². The van der Waals surface area contributed by atoms with Gasteiger partial charge in [-0.3, -0.25) is 6.08 Å². The van der Waals surface area contributed by atoms with E-state index in [1.54, 1.807) is 27.4 Å². The number of hydrogen-bond donors (Lipinski definition) is 0. The first-order valence-corrected chi connectivity index (χ1v) is 14.6. The molecule has 37 heavy (non-hydrogen) atoms. The Morgan fingerprint density at radius 3 is 1.59 bits per heavy atom. The fourth-order valence-corrected chi connectivity index (χ4v) is 5.54. The Labute approximate surface area is 253 Å². The van der Waals surface area contributed by atoms with Gasteiger partial charge in [0, 0.05) is 0 Å². The van der Waals surface area contributed by atoms with Crippen molar-refractivity contribution in [1.82, 2.24) is 0 Å². The first kappa shape index (κ1) is 34.2. The SMILES string of the molecule is CC(C)(C)c1ccc2c(c1)[cH-]c1cc(C(C)(C)C)ccc12.C[C](=[Zr+2])C1CCCCC1.[C-]1=CC=CC1.[Cl-].[Cl-]. The third-order valence-corrected chi connectivity index (χ3v) is 8.24. The van der Waals surface area contributed by atoms with Crippen LogP contribution in [0.4, 0.5) is 0 Å². The van der Waals surface area contributed by atoms with E-state index in [0.29, 0.717) is 0 Å². The van der Waals surface area contributed by atoms with Gasteiger partial charge in [-0.1, -0.05) is 76.9 Å². The van der Waals surface area contributed by atoms with E-state index in [2.05, 4.69) is 103 Å². The van der Waals surface area contributed by atoms with Gasteiger partial charge < -0.3 is 24.8 Å². The minimum Gasteiger partial charge on any atom is -1.00 e. The summed E-state index contributed by atoms with van der Waals surface area (Å²) in [6, 6.07) is 16.2. The number of rotatable bonds is 1. The topological polar surface area (TPSA) is 0 Å². The van der Waals surface area contributed by atoms with Crippen LogP contribution in [0.3, 0.4) is 0 Å². The third kappa shape index (κ3) is 9.99.